The molecule has 124 valence electrons. The second-order valence-electron chi connectivity index (χ2n) is 4.12. The average molecular weight is 335 g/mol. The number of rotatable bonds is 8. The molecule has 12 heteroatoms. The molecule has 0 bridgehead atoms. The number of carbonyl (C=O) groups is 2. The molecule has 0 saturated carbocycles. The van der Waals surface area contributed by atoms with Crippen molar-refractivity contribution in [2.45, 2.75) is 12.6 Å². The number of likely N-dealkylation sites (N-methyl/N-ethyl adjacent to an activating group) is 1. The van der Waals surface area contributed by atoms with Crippen LogP contribution < -0.4 is 5.32 Å². The van der Waals surface area contributed by atoms with Gasteiger partial charge in [0, 0.05) is 20.6 Å². The van der Waals surface area contributed by atoms with Gasteiger partial charge in [-0.3, -0.25) is 9.59 Å². The fourth-order valence-corrected chi connectivity index (χ4v) is 2.22. The first-order chi connectivity index (χ1) is 9.36. The minimum absolute atomic E-state index is 0.327. The Labute approximate surface area is 119 Å². The Bertz CT molecular complexity index is 480. The molecule has 21 heavy (non-hydrogen) atoms. The highest BCUT2D eigenvalue weighted by atomic mass is 32.2. The van der Waals surface area contributed by atoms with Gasteiger partial charge in [0.25, 0.3) is 10.2 Å². The molecule has 0 saturated heterocycles. The quantitative estimate of drug-likeness (QED) is 0.607. The monoisotopic (exact) mass is 335 g/mol. The van der Waals surface area contributed by atoms with Crippen molar-refractivity contribution in [3.8, 4) is 0 Å². The van der Waals surface area contributed by atoms with E-state index in [4.69, 9.17) is 5.11 Å². The second kappa shape index (κ2) is 7.56. The maximum Gasteiger partial charge on any atom is 0.405 e. The van der Waals surface area contributed by atoms with Crippen LogP contribution in [0.15, 0.2) is 0 Å². The van der Waals surface area contributed by atoms with Crippen LogP contribution in [0.4, 0.5) is 13.2 Å². The first-order valence-electron chi connectivity index (χ1n) is 5.59. The molecule has 0 rings (SSSR count). The molecule has 0 aliphatic rings. The van der Waals surface area contributed by atoms with E-state index < -0.39 is 47.8 Å². The van der Waals surface area contributed by atoms with E-state index in [2.05, 4.69) is 0 Å². The molecule has 0 aromatic carbocycles. The molecule has 1 amide bonds. The van der Waals surface area contributed by atoms with Crippen molar-refractivity contribution < 1.29 is 36.3 Å². The van der Waals surface area contributed by atoms with Crippen molar-refractivity contribution in [3.05, 3.63) is 0 Å². The topological polar surface area (TPSA) is 107 Å². The Morgan fingerprint density at radius 1 is 1.19 bits per heavy atom. The van der Waals surface area contributed by atoms with Gasteiger partial charge >= 0.3 is 12.1 Å². The third-order valence-electron chi connectivity index (χ3n) is 2.28. The lowest BCUT2D eigenvalue weighted by Crippen LogP contribution is -2.46. The number of amides is 1. The minimum atomic E-state index is -4.59. The Hall–Kier alpha value is -1.40. The predicted octanol–water partition coefficient (Wildman–Crippen LogP) is -0.752. The molecule has 0 fully saturated rings. The van der Waals surface area contributed by atoms with Gasteiger partial charge in [-0.1, -0.05) is 0 Å². The summed E-state index contributed by atoms with van der Waals surface area (Å²) in [5.74, 6) is -2.33. The normalized spacial score (nSPS) is 12.7. The van der Waals surface area contributed by atoms with Gasteiger partial charge in [-0.2, -0.15) is 30.2 Å². The number of nitrogens with one attached hydrogen (secondary N) is 1. The van der Waals surface area contributed by atoms with Crippen LogP contribution in [0.1, 0.15) is 6.42 Å². The van der Waals surface area contributed by atoms with E-state index in [9.17, 15) is 31.2 Å². The molecular weight excluding hydrogens is 319 g/mol. The molecule has 0 aliphatic heterocycles. The number of carbonyl (C=O) groups excluding carboxylic acids is 1. The third-order valence-corrected chi connectivity index (χ3v) is 4.17. The lowest BCUT2D eigenvalue weighted by atomic mass is 10.4. The van der Waals surface area contributed by atoms with Crippen LogP contribution in [0.5, 0.6) is 0 Å². The molecule has 0 atom stereocenters. The molecular formula is C9H16F3N3O5S. The third kappa shape index (κ3) is 7.82. The summed E-state index contributed by atoms with van der Waals surface area (Å²) >= 11 is 0. The number of nitrogens with zero attached hydrogens (tertiary/aromatic N) is 2. The molecule has 0 spiro atoms. The van der Waals surface area contributed by atoms with Crippen molar-refractivity contribution in [3.63, 3.8) is 0 Å². The van der Waals surface area contributed by atoms with Crippen molar-refractivity contribution >= 4 is 22.1 Å². The summed E-state index contributed by atoms with van der Waals surface area (Å²) in [4.78, 5) is 21.6. The number of hydrogen-bond acceptors (Lipinski definition) is 4. The molecule has 0 radical (unpaired) electrons. The van der Waals surface area contributed by atoms with Crippen LogP contribution in [0.25, 0.3) is 0 Å². The summed E-state index contributed by atoms with van der Waals surface area (Å²) in [6, 6.07) is 0. The van der Waals surface area contributed by atoms with Gasteiger partial charge in [-0.15, -0.1) is 0 Å². The summed E-state index contributed by atoms with van der Waals surface area (Å²) in [6.07, 6.45) is -5.03. The van der Waals surface area contributed by atoms with Crippen molar-refractivity contribution in [2.75, 3.05) is 33.7 Å². The van der Waals surface area contributed by atoms with Crippen LogP contribution in [-0.2, 0) is 19.8 Å². The zero-order valence-electron chi connectivity index (χ0n) is 11.3. The Morgan fingerprint density at radius 3 is 2.14 bits per heavy atom. The zero-order valence-corrected chi connectivity index (χ0v) is 12.2. The number of halogens is 3. The van der Waals surface area contributed by atoms with Gasteiger partial charge in [0.15, 0.2) is 0 Å². The Morgan fingerprint density at radius 2 is 1.71 bits per heavy atom. The largest absolute Gasteiger partial charge is 0.481 e. The Balaban J connectivity index is 4.51. The number of carboxylic acids is 1. The molecule has 0 aromatic heterocycles. The van der Waals surface area contributed by atoms with E-state index in [1.54, 1.807) is 0 Å². The van der Waals surface area contributed by atoms with E-state index >= 15 is 0 Å². The van der Waals surface area contributed by atoms with E-state index in [0.29, 0.717) is 8.61 Å². The van der Waals surface area contributed by atoms with Crippen LogP contribution in [-0.4, -0.2) is 73.9 Å². The van der Waals surface area contributed by atoms with E-state index in [1.165, 1.54) is 5.32 Å². The van der Waals surface area contributed by atoms with Crippen LogP contribution in [0.2, 0.25) is 0 Å². The van der Waals surface area contributed by atoms with Gasteiger partial charge in [0.1, 0.15) is 6.54 Å². The zero-order chi connectivity index (χ0) is 16.8. The van der Waals surface area contributed by atoms with Gasteiger partial charge in [-0.05, 0) is 0 Å². The number of alkyl halides is 3. The number of carboxylic acid groups (broad SMARTS) is 1. The molecule has 8 nitrogen and oxygen atoms in total. The van der Waals surface area contributed by atoms with Gasteiger partial charge < -0.3 is 10.4 Å². The summed E-state index contributed by atoms with van der Waals surface area (Å²) in [6.45, 7) is -2.70. The molecule has 2 N–H and O–H groups in total. The van der Waals surface area contributed by atoms with E-state index in [0.717, 1.165) is 14.1 Å². The standard InChI is InChI=1S/C9H16F3N3O5S/c1-14(4-3-8(17)18)21(19,20)15(2)5-7(16)13-6-9(10,11)12/h3-6H2,1-2H3,(H,13,16)(H,17,18). The first-order valence-corrected chi connectivity index (χ1v) is 6.99. The first kappa shape index (κ1) is 19.6. The fourth-order valence-electron chi connectivity index (χ4n) is 1.14. The van der Waals surface area contributed by atoms with Crippen LogP contribution in [0, 0.1) is 0 Å². The minimum Gasteiger partial charge on any atom is -0.481 e. The lowest BCUT2D eigenvalue weighted by molar-refractivity contribution is -0.138. The second-order valence-corrected chi connectivity index (χ2v) is 6.26. The summed E-state index contributed by atoms with van der Waals surface area (Å²) < 4.78 is 60.5. The van der Waals surface area contributed by atoms with Crippen LogP contribution in [0.3, 0.4) is 0 Å². The average Bonchev–Trinajstić information content (AvgIpc) is 2.32. The van der Waals surface area contributed by atoms with Gasteiger partial charge in [0.2, 0.25) is 5.91 Å². The van der Waals surface area contributed by atoms with Crippen molar-refractivity contribution in [1.29, 1.82) is 0 Å². The van der Waals surface area contributed by atoms with Gasteiger partial charge in [-0.25, -0.2) is 0 Å². The van der Waals surface area contributed by atoms with Crippen molar-refractivity contribution in [2.24, 2.45) is 0 Å². The highest BCUT2D eigenvalue weighted by molar-refractivity contribution is 7.86. The molecule has 0 heterocycles. The maximum atomic E-state index is 11.9. The predicted molar refractivity (Wildman–Crippen MR) is 65.5 cm³/mol. The summed E-state index contributed by atoms with van der Waals surface area (Å²) in [5, 5.41) is 9.98. The molecule has 0 aliphatic carbocycles. The van der Waals surface area contributed by atoms with Gasteiger partial charge in [0.05, 0.1) is 13.0 Å². The van der Waals surface area contributed by atoms with Crippen molar-refractivity contribution in [1.82, 2.24) is 13.9 Å². The van der Waals surface area contributed by atoms with E-state index in [1.807, 2.05) is 0 Å². The molecule has 0 unspecified atom stereocenters. The molecule has 0 aromatic rings. The summed E-state index contributed by atoms with van der Waals surface area (Å²) in [5.41, 5.74) is 0. The van der Waals surface area contributed by atoms with Crippen LogP contribution >= 0.6 is 0 Å². The highest BCUT2D eigenvalue weighted by Crippen LogP contribution is 2.12. The van der Waals surface area contributed by atoms with E-state index in [-0.39, 0.29) is 6.54 Å². The smallest absolute Gasteiger partial charge is 0.405 e. The Kier molecular flexibility index (Phi) is 7.06. The fraction of sp³-hybridized carbons (Fsp3) is 0.778. The lowest BCUT2D eigenvalue weighted by Gasteiger charge is -2.23. The number of aliphatic carboxylic acids is 1. The SMILES string of the molecule is CN(CCC(=O)O)S(=O)(=O)N(C)CC(=O)NCC(F)(F)F. The highest BCUT2D eigenvalue weighted by Gasteiger charge is 2.29. The summed E-state index contributed by atoms with van der Waals surface area (Å²) in [7, 11) is -2.02. The maximum absolute atomic E-state index is 11.9. The number of hydrogen-bond donors (Lipinski definition) is 2.